The molecule has 2 heterocycles. The predicted molar refractivity (Wildman–Crippen MR) is 92.0 cm³/mol. The quantitative estimate of drug-likeness (QED) is 0.551. The van der Waals surface area contributed by atoms with E-state index in [2.05, 4.69) is 21.7 Å². The van der Waals surface area contributed by atoms with Crippen LogP contribution in [-0.4, -0.2) is 23.6 Å². The molecule has 0 bridgehead atoms. The van der Waals surface area contributed by atoms with Crippen LogP contribution in [0.3, 0.4) is 0 Å². The molecule has 144 valence electrons. The van der Waals surface area contributed by atoms with E-state index in [4.69, 9.17) is 8.83 Å². The molecule has 0 saturated heterocycles. The van der Waals surface area contributed by atoms with Crippen molar-refractivity contribution < 1.29 is 28.0 Å². The molecule has 4 N–H and O–H groups in total. The fourth-order valence-electron chi connectivity index (χ4n) is 2.16. The standard InChI is InChI=1S/C17H20N4O6/c1-10-12(6-8-26-10)16(24)20-18-14(22)4-3-5-15(23)19-21-17(25)13-7-9-27-11(13)2/h6-9H,3-5H2,1-2H3,(H,18,22)(H,19,23)(H,20,24)(H,21,25). The van der Waals surface area contributed by atoms with Crippen LogP contribution in [0.5, 0.6) is 0 Å². The number of nitrogens with one attached hydrogen (secondary N) is 4. The Morgan fingerprint density at radius 2 is 1.15 bits per heavy atom. The highest BCUT2D eigenvalue weighted by Gasteiger charge is 2.14. The maximum absolute atomic E-state index is 11.8. The summed E-state index contributed by atoms with van der Waals surface area (Å²) in [5, 5.41) is 0. The number of amides is 4. The minimum atomic E-state index is -0.496. The number of aryl methyl sites for hydroxylation is 2. The van der Waals surface area contributed by atoms with Crippen LogP contribution in [0, 0.1) is 13.8 Å². The zero-order valence-corrected chi connectivity index (χ0v) is 14.9. The normalized spacial score (nSPS) is 10.1. The third-order valence-electron chi connectivity index (χ3n) is 3.65. The zero-order valence-electron chi connectivity index (χ0n) is 14.9. The second kappa shape index (κ2) is 9.22. The number of carbonyl (C=O) groups is 4. The lowest BCUT2D eigenvalue weighted by Gasteiger charge is -2.08. The zero-order chi connectivity index (χ0) is 19.8. The molecule has 4 amide bonds. The predicted octanol–water partition coefficient (Wildman–Crippen LogP) is 0.882. The van der Waals surface area contributed by atoms with Gasteiger partial charge in [-0.25, -0.2) is 0 Å². The third-order valence-corrected chi connectivity index (χ3v) is 3.65. The van der Waals surface area contributed by atoms with Crippen molar-refractivity contribution in [2.75, 3.05) is 0 Å². The van der Waals surface area contributed by atoms with E-state index in [1.165, 1.54) is 24.7 Å². The van der Waals surface area contributed by atoms with Crippen molar-refractivity contribution in [2.45, 2.75) is 33.1 Å². The summed E-state index contributed by atoms with van der Waals surface area (Å²) in [6.45, 7) is 3.25. The summed E-state index contributed by atoms with van der Waals surface area (Å²) in [7, 11) is 0. The summed E-state index contributed by atoms with van der Waals surface area (Å²) in [5.74, 6) is -1.02. The molecule has 0 saturated carbocycles. The minimum absolute atomic E-state index is 0.0207. The van der Waals surface area contributed by atoms with Gasteiger partial charge >= 0.3 is 0 Å². The molecule has 2 rings (SSSR count). The third kappa shape index (κ3) is 5.73. The highest BCUT2D eigenvalue weighted by atomic mass is 16.3. The van der Waals surface area contributed by atoms with Crippen LogP contribution in [0.4, 0.5) is 0 Å². The van der Waals surface area contributed by atoms with E-state index in [0.717, 1.165) is 0 Å². The molecule has 27 heavy (non-hydrogen) atoms. The summed E-state index contributed by atoms with van der Waals surface area (Å²) in [6, 6.07) is 2.97. The van der Waals surface area contributed by atoms with E-state index in [9.17, 15) is 19.2 Å². The van der Waals surface area contributed by atoms with Crippen LogP contribution in [-0.2, 0) is 9.59 Å². The molecule has 0 aliphatic rings. The lowest BCUT2D eigenvalue weighted by molar-refractivity contribution is -0.123. The molecular formula is C17H20N4O6. The molecule has 0 aromatic carbocycles. The molecule has 0 atom stereocenters. The lowest BCUT2D eigenvalue weighted by atomic mass is 10.2. The first-order chi connectivity index (χ1) is 12.9. The average Bonchev–Trinajstić information content (AvgIpc) is 3.25. The van der Waals surface area contributed by atoms with Crippen molar-refractivity contribution in [3.63, 3.8) is 0 Å². The van der Waals surface area contributed by atoms with Gasteiger partial charge in [-0.05, 0) is 32.4 Å². The first kappa shape index (κ1) is 19.8. The summed E-state index contributed by atoms with van der Waals surface area (Å²) in [5.41, 5.74) is 9.66. The molecule has 0 fully saturated rings. The number of hydrazine groups is 2. The summed E-state index contributed by atoms with van der Waals surface area (Å²) in [4.78, 5) is 46.9. The number of furan rings is 2. The summed E-state index contributed by atoms with van der Waals surface area (Å²) in [6.07, 6.45) is 3.02. The smallest absolute Gasteiger partial charge is 0.273 e. The Hall–Kier alpha value is -3.56. The van der Waals surface area contributed by atoms with Gasteiger partial charge in [0.2, 0.25) is 11.8 Å². The van der Waals surface area contributed by atoms with E-state index in [-0.39, 0.29) is 19.3 Å². The Morgan fingerprint density at radius 1 is 0.741 bits per heavy atom. The van der Waals surface area contributed by atoms with Gasteiger partial charge in [0.1, 0.15) is 11.5 Å². The largest absolute Gasteiger partial charge is 0.469 e. The van der Waals surface area contributed by atoms with Crippen molar-refractivity contribution in [3.8, 4) is 0 Å². The fraction of sp³-hybridized carbons (Fsp3) is 0.294. The van der Waals surface area contributed by atoms with E-state index in [0.29, 0.717) is 22.6 Å². The molecule has 2 aromatic rings. The first-order valence-corrected chi connectivity index (χ1v) is 8.15. The molecule has 0 unspecified atom stereocenters. The van der Waals surface area contributed by atoms with Gasteiger partial charge in [-0.1, -0.05) is 0 Å². The van der Waals surface area contributed by atoms with Crippen LogP contribution in [0.15, 0.2) is 33.5 Å². The second-order valence-corrected chi connectivity index (χ2v) is 5.64. The lowest BCUT2D eigenvalue weighted by Crippen LogP contribution is -2.42. The minimum Gasteiger partial charge on any atom is -0.469 e. The molecule has 0 radical (unpaired) electrons. The monoisotopic (exact) mass is 376 g/mol. The van der Waals surface area contributed by atoms with Crippen molar-refractivity contribution in [1.29, 1.82) is 0 Å². The van der Waals surface area contributed by atoms with E-state index < -0.39 is 23.6 Å². The molecule has 10 nitrogen and oxygen atoms in total. The van der Waals surface area contributed by atoms with Crippen LogP contribution in [0.25, 0.3) is 0 Å². The van der Waals surface area contributed by atoms with Gasteiger partial charge < -0.3 is 8.83 Å². The Balaban J connectivity index is 1.61. The number of rotatable bonds is 6. The van der Waals surface area contributed by atoms with Crippen molar-refractivity contribution in [1.82, 2.24) is 21.7 Å². The second-order valence-electron chi connectivity index (χ2n) is 5.64. The molecule has 10 heteroatoms. The Labute approximate surface area is 154 Å². The Morgan fingerprint density at radius 3 is 1.48 bits per heavy atom. The van der Waals surface area contributed by atoms with Crippen LogP contribution in [0.2, 0.25) is 0 Å². The highest BCUT2D eigenvalue weighted by Crippen LogP contribution is 2.08. The molecule has 0 aliphatic carbocycles. The maximum atomic E-state index is 11.8. The van der Waals surface area contributed by atoms with E-state index in [1.807, 2.05) is 0 Å². The fourth-order valence-corrected chi connectivity index (χ4v) is 2.16. The highest BCUT2D eigenvalue weighted by molar-refractivity contribution is 5.96. The van der Waals surface area contributed by atoms with Gasteiger partial charge in [0.15, 0.2) is 0 Å². The SMILES string of the molecule is Cc1occc1C(=O)NNC(=O)CCCC(=O)NNC(=O)c1ccoc1C. The van der Waals surface area contributed by atoms with Gasteiger partial charge in [-0.3, -0.25) is 40.9 Å². The van der Waals surface area contributed by atoms with Crippen molar-refractivity contribution in [3.05, 3.63) is 47.3 Å². The Kier molecular flexibility index (Phi) is 6.75. The number of carbonyl (C=O) groups excluding carboxylic acids is 4. The number of hydrogen-bond acceptors (Lipinski definition) is 6. The van der Waals surface area contributed by atoms with Gasteiger partial charge in [0, 0.05) is 12.8 Å². The van der Waals surface area contributed by atoms with Gasteiger partial charge in [0.25, 0.3) is 11.8 Å². The topological polar surface area (TPSA) is 143 Å². The maximum Gasteiger partial charge on any atom is 0.273 e. The molecular weight excluding hydrogens is 356 g/mol. The van der Waals surface area contributed by atoms with Gasteiger partial charge in [-0.2, -0.15) is 0 Å². The first-order valence-electron chi connectivity index (χ1n) is 8.15. The van der Waals surface area contributed by atoms with Crippen LogP contribution in [0.1, 0.15) is 51.5 Å². The molecule has 2 aromatic heterocycles. The van der Waals surface area contributed by atoms with E-state index in [1.54, 1.807) is 13.8 Å². The van der Waals surface area contributed by atoms with Gasteiger partial charge in [-0.15, -0.1) is 0 Å². The molecule has 0 spiro atoms. The van der Waals surface area contributed by atoms with Crippen LogP contribution < -0.4 is 21.7 Å². The van der Waals surface area contributed by atoms with Gasteiger partial charge in [0.05, 0.1) is 23.7 Å². The van der Waals surface area contributed by atoms with E-state index >= 15 is 0 Å². The summed E-state index contributed by atoms with van der Waals surface area (Å²) < 4.78 is 10.0. The molecule has 0 aliphatic heterocycles. The Bertz CT molecular complexity index is 770. The summed E-state index contributed by atoms with van der Waals surface area (Å²) >= 11 is 0. The van der Waals surface area contributed by atoms with Crippen molar-refractivity contribution in [2.24, 2.45) is 0 Å². The van der Waals surface area contributed by atoms with Crippen molar-refractivity contribution >= 4 is 23.6 Å². The number of hydrogen-bond donors (Lipinski definition) is 4. The average molecular weight is 376 g/mol. The van der Waals surface area contributed by atoms with Crippen LogP contribution >= 0.6 is 0 Å².